The molecule has 1 N–H and O–H groups in total. The summed E-state index contributed by atoms with van der Waals surface area (Å²) in [6.07, 6.45) is -0.0359. The Balaban J connectivity index is 2.12. The lowest BCUT2D eigenvalue weighted by Gasteiger charge is -2.05. The summed E-state index contributed by atoms with van der Waals surface area (Å²) in [5.41, 5.74) is 0.335. The fourth-order valence-electron chi connectivity index (χ4n) is 2.31. The van der Waals surface area contributed by atoms with E-state index in [0.29, 0.717) is 23.3 Å². The molecule has 0 saturated carbocycles. The van der Waals surface area contributed by atoms with Crippen molar-refractivity contribution in [3.05, 3.63) is 52.6 Å². The van der Waals surface area contributed by atoms with Crippen molar-refractivity contribution in [2.75, 3.05) is 6.61 Å². The van der Waals surface area contributed by atoms with Gasteiger partial charge in [0.25, 0.3) is 5.56 Å². The molecule has 0 aliphatic carbocycles. The number of carbonyl (C=O) groups is 1. The summed E-state index contributed by atoms with van der Waals surface area (Å²) in [5, 5.41) is 2.50. The molecule has 2 aromatic carbocycles. The Morgan fingerprint density at radius 2 is 1.95 bits per heavy atom. The number of hydrogen-bond acceptors (Lipinski definition) is 4. The summed E-state index contributed by atoms with van der Waals surface area (Å²) >= 11 is 0. The summed E-state index contributed by atoms with van der Waals surface area (Å²) in [4.78, 5) is 30.6. The monoisotopic (exact) mass is 282 g/mol. The number of carbonyl (C=O) groups excluding carboxylic acids is 1. The van der Waals surface area contributed by atoms with Gasteiger partial charge in [0.15, 0.2) is 0 Å². The van der Waals surface area contributed by atoms with Gasteiger partial charge in [-0.05, 0) is 29.8 Å². The van der Waals surface area contributed by atoms with Crippen molar-refractivity contribution in [2.45, 2.75) is 13.3 Å². The predicted octanol–water partition coefficient (Wildman–Crippen LogP) is 2.18. The van der Waals surface area contributed by atoms with E-state index in [2.05, 4.69) is 9.97 Å². The van der Waals surface area contributed by atoms with Crippen molar-refractivity contribution >= 4 is 27.6 Å². The molecule has 0 amide bonds. The largest absolute Gasteiger partial charge is 0.466 e. The van der Waals surface area contributed by atoms with Crippen LogP contribution in [0.5, 0.6) is 0 Å². The van der Waals surface area contributed by atoms with Crippen molar-refractivity contribution in [3.8, 4) is 0 Å². The Kier molecular flexibility index (Phi) is 3.39. The van der Waals surface area contributed by atoms with E-state index in [0.717, 1.165) is 10.8 Å². The number of aromatic amines is 1. The molecule has 0 atom stereocenters. The van der Waals surface area contributed by atoms with E-state index in [1.165, 1.54) is 0 Å². The van der Waals surface area contributed by atoms with Crippen molar-refractivity contribution < 1.29 is 9.53 Å². The fraction of sp³-hybridized carbons (Fsp3) is 0.188. The first kappa shape index (κ1) is 13.3. The SMILES string of the molecule is CCOC(=O)Cc1nc2cc3ccccc3cc2c(=O)[nH]1. The summed E-state index contributed by atoms with van der Waals surface area (Å²) < 4.78 is 4.87. The molecule has 1 heterocycles. The van der Waals surface area contributed by atoms with Gasteiger partial charge < -0.3 is 9.72 Å². The Morgan fingerprint density at radius 1 is 1.24 bits per heavy atom. The third kappa shape index (κ3) is 2.63. The molecule has 0 aliphatic rings. The zero-order chi connectivity index (χ0) is 14.8. The van der Waals surface area contributed by atoms with Gasteiger partial charge >= 0.3 is 5.97 Å². The molecule has 5 heteroatoms. The van der Waals surface area contributed by atoms with Crippen LogP contribution >= 0.6 is 0 Å². The molecule has 5 nitrogen and oxygen atoms in total. The molecule has 3 rings (SSSR count). The number of hydrogen-bond donors (Lipinski definition) is 1. The predicted molar refractivity (Wildman–Crippen MR) is 80.2 cm³/mol. The molecule has 21 heavy (non-hydrogen) atoms. The highest BCUT2D eigenvalue weighted by Crippen LogP contribution is 2.19. The second-order valence-electron chi connectivity index (χ2n) is 4.71. The van der Waals surface area contributed by atoms with Crippen molar-refractivity contribution in [1.82, 2.24) is 9.97 Å². The quantitative estimate of drug-likeness (QED) is 0.590. The van der Waals surface area contributed by atoms with Crippen LogP contribution < -0.4 is 5.56 Å². The molecule has 0 spiro atoms. The lowest BCUT2D eigenvalue weighted by atomic mass is 10.1. The third-order valence-corrected chi connectivity index (χ3v) is 3.24. The number of aromatic nitrogens is 2. The van der Waals surface area contributed by atoms with Gasteiger partial charge in [-0.1, -0.05) is 24.3 Å². The van der Waals surface area contributed by atoms with Crippen LogP contribution in [0.3, 0.4) is 0 Å². The minimum Gasteiger partial charge on any atom is -0.466 e. The van der Waals surface area contributed by atoms with Gasteiger partial charge in [0.2, 0.25) is 0 Å². The van der Waals surface area contributed by atoms with Gasteiger partial charge in [0.05, 0.1) is 17.5 Å². The van der Waals surface area contributed by atoms with E-state index in [1.54, 1.807) is 6.92 Å². The minimum absolute atomic E-state index is 0.0359. The molecule has 0 saturated heterocycles. The average molecular weight is 282 g/mol. The van der Waals surface area contributed by atoms with E-state index < -0.39 is 5.97 Å². The number of H-pyrrole nitrogens is 1. The van der Waals surface area contributed by atoms with Crippen molar-refractivity contribution in [2.24, 2.45) is 0 Å². The molecular formula is C16H14N2O3. The van der Waals surface area contributed by atoms with Crippen molar-refractivity contribution in [1.29, 1.82) is 0 Å². The second-order valence-corrected chi connectivity index (χ2v) is 4.71. The first-order valence-electron chi connectivity index (χ1n) is 6.74. The first-order valence-corrected chi connectivity index (χ1v) is 6.74. The molecule has 3 aromatic rings. The van der Waals surface area contributed by atoms with Crippen LogP contribution in [0.25, 0.3) is 21.7 Å². The lowest BCUT2D eigenvalue weighted by molar-refractivity contribution is -0.142. The maximum atomic E-state index is 12.1. The lowest BCUT2D eigenvalue weighted by Crippen LogP contribution is -2.16. The number of esters is 1. The van der Waals surface area contributed by atoms with E-state index in [4.69, 9.17) is 4.74 Å². The Bertz CT molecular complexity index is 883. The first-order chi connectivity index (χ1) is 10.2. The van der Waals surface area contributed by atoms with E-state index >= 15 is 0 Å². The molecule has 0 aliphatic heterocycles. The summed E-state index contributed by atoms with van der Waals surface area (Å²) in [6.45, 7) is 2.04. The Morgan fingerprint density at radius 3 is 2.67 bits per heavy atom. The topological polar surface area (TPSA) is 72.0 Å². The summed E-state index contributed by atoms with van der Waals surface area (Å²) in [6, 6.07) is 11.4. The van der Waals surface area contributed by atoms with Crippen LogP contribution in [0.15, 0.2) is 41.2 Å². The zero-order valence-corrected chi connectivity index (χ0v) is 11.6. The number of rotatable bonds is 3. The van der Waals surface area contributed by atoms with Crippen LogP contribution in [0, 0.1) is 0 Å². The molecule has 1 aromatic heterocycles. The molecule has 0 radical (unpaired) electrons. The Hall–Kier alpha value is -2.69. The molecule has 0 bridgehead atoms. The van der Waals surface area contributed by atoms with Gasteiger partial charge in [0, 0.05) is 0 Å². The standard InChI is InChI=1S/C16H14N2O3/c1-2-21-15(19)9-14-17-13-8-11-6-4-3-5-10(11)7-12(13)16(20)18-14/h3-8H,2,9H2,1H3,(H,17,18,20). The Labute approximate surface area is 120 Å². The van der Waals surface area contributed by atoms with Gasteiger partial charge in [-0.15, -0.1) is 0 Å². The highest BCUT2D eigenvalue weighted by molar-refractivity contribution is 5.96. The van der Waals surface area contributed by atoms with Crippen LogP contribution in [0.4, 0.5) is 0 Å². The smallest absolute Gasteiger partial charge is 0.313 e. The van der Waals surface area contributed by atoms with Gasteiger partial charge in [-0.25, -0.2) is 4.98 Å². The third-order valence-electron chi connectivity index (χ3n) is 3.24. The average Bonchev–Trinajstić information content (AvgIpc) is 2.46. The molecule has 0 unspecified atom stereocenters. The second kappa shape index (κ2) is 5.36. The van der Waals surface area contributed by atoms with E-state index in [-0.39, 0.29) is 12.0 Å². The maximum Gasteiger partial charge on any atom is 0.313 e. The molecule has 106 valence electrons. The van der Waals surface area contributed by atoms with Crippen LogP contribution in [0.1, 0.15) is 12.7 Å². The number of benzene rings is 2. The highest BCUT2D eigenvalue weighted by atomic mass is 16.5. The summed E-state index contributed by atoms with van der Waals surface area (Å²) in [5.74, 6) is -0.0815. The molecular weight excluding hydrogens is 268 g/mol. The minimum atomic E-state index is -0.402. The maximum absolute atomic E-state index is 12.1. The number of nitrogens with zero attached hydrogens (tertiary/aromatic N) is 1. The summed E-state index contributed by atoms with van der Waals surface area (Å²) in [7, 11) is 0. The number of ether oxygens (including phenoxy) is 1. The van der Waals surface area contributed by atoms with E-state index in [1.807, 2.05) is 36.4 Å². The van der Waals surface area contributed by atoms with Crippen LogP contribution in [-0.2, 0) is 16.0 Å². The van der Waals surface area contributed by atoms with Crippen LogP contribution in [0.2, 0.25) is 0 Å². The normalized spacial score (nSPS) is 10.9. The van der Waals surface area contributed by atoms with Crippen LogP contribution in [-0.4, -0.2) is 22.5 Å². The number of nitrogens with one attached hydrogen (secondary N) is 1. The fourth-order valence-corrected chi connectivity index (χ4v) is 2.31. The molecule has 0 fully saturated rings. The van der Waals surface area contributed by atoms with Gasteiger partial charge in [-0.2, -0.15) is 0 Å². The highest BCUT2D eigenvalue weighted by Gasteiger charge is 2.10. The zero-order valence-electron chi connectivity index (χ0n) is 11.6. The van der Waals surface area contributed by atoms with Crippen molar-refractivity contribution in [3.63, 3.8) is 0 Å². The van der Waals surface area contributed by atoms with Gasteiger partial charge in [0.1, 0.15) is 12.2 Å². The van der Waals surface area contributed by atoms with E-state index in [9.17, 15) is 9.59 Å². The van der Waals surface area contributed by atoms with Gasteiger partial charge in [-0.3, -0.25) is 9.59 Å². The number of fused-ring (bicyclic) bond motifs is 2.